The average Bonchev–Trinajstić information content (AvgIpc) is 2.74. The molecule has 2 heteroatoms. The van der Waals surface area contributed by atoms with Gasteiger partial charge in [0, 0.05) is 0 Å². The van der Waals surface area contributed by atoms with Crippen LogP contribution in [0.5, 0.6) is 0 Å². The number of rotatable bonds is 0. The van der Waals surface area contributed by atoms with Crippen molar-refractivity contribution in [3.05, 3.63) is 42.7 Å². The lowest BCUT2D eigenvalue weighted by Crippen LogP contribution is -2.49. The second-order valence-electron chi connectivity index (χ2n) is 7.89. The van der Waals surface area contributed by atoms with Crippen molar-refractivity contribution in [1.29, 1.82) is 0 Å². The van der Waals surface area contributed by atoms with Crippen LogP contribution in [0.1, 0.15) is 41.5 Å². The minimum atomic E-state index is 0.0667. The van der Waals surface area contributed by atoms with E-state index in [1.54, 1.807) is 0 Å². The van der Waals surface area contributed by atoms with Gasteiger partial charge in [0.25, 0.3) is 0 Å². The SMILES string of the molecule is CC(C)(C)n1c[n+](C(C)(C)C)c2cc3ccccc3cc21. The molecule has 0 aliphatic rings. The highest BCUT2D eigenvalue weighted by atomic mass is 15.2. The van der Waals surface area contributed by atoms with E-state index < -0.39 is 0 Å². The molecule has 1 heterocycles. The number of benzene rings is 2. The quantitative estimate of drug-likeness (QED) is 0.533. The molecule has 0 spiro atoms. The van der Waals surface area contributed by atoms with Crippen molar-refractivity contribution >= 4 is 21.8 Å². The molecule has 2 aromatic carbocycles. The molecule has 0 bridgehead atoms. The van der Waals surface area contributed by atoms with E-state index in [9.17, 15) is 0 Å². The monoisotopic (exact) mass is 281 g/mol. The fourth-order valence-electron chi connectivity index (χ4n) is 2.91. The lowest BCUT2D eigenvalue weighted by molar-refractivity contribution is -0.731. The summed E-state index contributed by atoms with van der Waals surface area (Å²) in [6.45, 7) is 13.6. The number of aromatic nitrogens is 2. The summed E-state index contributed by atoms with van der Waals surface area (Å²) in [5.41, 5.74) is 2.74. The van der Waals surface area contributed by atoms with Crippen LogP contribution in [0.25, 0.3) is 21.8 Å². The fourth-order valence-corrected chi connectivity index (χ4v) is 2.91. The van der Waals surface area contributed by atoms with E-state index in [0.29, 0.717) is 0 Å². The van der Waals surface area contributed by atoms with Crippen LogP contribution in [-0.4, -0.2) is 4.57 Å². The zero-order valence-electron chi connectivity index (χ0n) is 13.9. The molecule has 21 heavy (non-hydrogen) atoms. The Morgan fingerprint density at radius 2 is 1.43 bits per heavy atom. The molecule has 0 N–H and O–H groups in total. The lowest BCUT2D eigenvalue weighted by atomic mass is 10.1. The maximum atomic E-state index is 2.39. The van der Waals surface area contributed by atoms with Crippen molar-refractivity contribution in [2.45, 2.75) is 52.6 Å². The number of imidazole rings is 1. The van der Waals surface area contributed by atoms with Crippen LogP contribution in [0.2, 0.25) is 0 Å². The Balaban J connectivity index is 2.46. The van der Waals surface area contributed by atoms with E-state index in [0.717, 1.165) is 0 Å². The highest BCUT2D eigenvalue weighted by molar-refractivity contribution is 5.94. The lowest BCUT2D eigenvalue weighted by Gasteiger charge is -2.16. The van der Waals surface area contributed by atoms with E-state index >= 15 is 0 Å². The summed E-state index contributed by atoms with van der Waals surface area (Å²) >= 11 is 0. The van der Waals surface area contributed by atoms with Crippen molar-refractivity contribution < 1.29 is 4.57 Å². The van der Waals surface area contributed by atoms with Gasteiger partial charge in [0.15, 0.2) is 11.0 Å². The maximum absolute atomic E-state index is 2.39. The summed E-state index contributed by atoms with van der Waals surface area (Å²) < 4.78 is 4.78. The minimum Gasteiger partial charge on any atom is -0.225 e. The van der Waals surface area contributed by atoms with Crippen LogP contribution in [0.3, 0.4) is 0 Å². The number of hydrogen-bond donors (Lipinski definition) is 0. The second-order valence-corrected chi connectivity index (χ2v) is 7.89. The van der Waals surface area contributed by atoms with E-state index in [-0.39, 0.29) is 11.1 Å². The molecule has 3 rings (SSSR count). The van der Waals surface area contributed by atoms with Gasteiger partial charge in [-0.1, -0.05) is 24.3 Å². The van der Waals surface area contributed by atoms with Crippen LogP contribution in [0, 0.1) is 0 Å². The largest absolute Gasteiger partial charge is 0.245 e. The van der Waals surface area contributed by atoms with Gasteiger partial charge < -0.3 is 0 Å². The third kappa shape index (κ3) is 2.33. The van der Waals surface area contributed by atoms with Crippen molar-refractivity contribution in [1.82, 2.24) is 4.57 Å². The first kappa shape index (κ1) is 14.1. The van der Waals surface area contributed by atoms with Gasteiger partial charge in [0.2, 0.25) is 6.33 Å². The van der Waals surface area contributed by atoms with Gasteiger partial charge >= 0.3 is 0 Å². The molecule has 0 aliphatic heterocycles. The van der Waals surface area contributed by atoms with Crippen LogP contribution in [0.4, 0.5) is 0 Å². The van der Waals surface area contributed by atoms with E-state index in [1.165, 1.54) is 21.8 Å². The summed E-state index contributed by atoms with van der Waals surface area (Å²) in [6.07, 6.45) is 2.27. The molecule has 1 aromatic heterocycles. The Bertz CT molecular complexity index is 744. The molecule has 0 atom stereocenters. The van der Waals surface area contributed by atoms with Gasteiger partial charge in [-0.2, -0.15) is 0 Å². The molecule has 0 saturated carbocycles. The smallest absolute Gasteiger partial charge is 0.225 e. The van der Waals surface area contributed by atoms with E-state index in [2.05, 4.69) is 93.4 Å². The average molecular weight is 281 g/mol. The Morgan fingerprint density at radius 1 is 0.857 bits per heavy atom. The topological polar surface area (TPSA) is 8.81 Å². The van der Waals surface area contributed by atoms with Crippen LogP contribution >= 0.6 is 0 Å². The van der Waals surface area contributed by atoms with Crippen LogP contribution < -0.4 is 4.57 Å². The first-order valence-corrected chi connectivity index (χ1v) is 7.64. The normalized spacial score (nSPS) is 13.2. The predicted molar refractivity (Wildman–Crippen MR) is 89.6 cm³/mol. The molecule has 2 nitrogen and oxygen atoms in total. The molecule has 0 fully saturated rings. The molecule has 0 aliphatic carbocycles. The van der Waals surface area contributed by atoms with Gasteiger partial charge in [-0.25, -0.2) is 9.13 Å². The Kier molecular flexibility index (Phi) is 2.91. The molecule has 0 unspecified atom stereocenters. The van der Waals surface area contributed by atoms with Gasteiger partial charge in [-0.05, 0) is 64.4 Å². The zero-order chi connectivity index (χ0) is 15.4. The molecule has 0 saturated heterocycles. The Hall–Kier alpha value is -1.83. The third-order valence-electron chi connectivity index (χ3n) is 4.04. The summed E-state index contributed by atoms with van der Waals surface area (Å²) in [4.78, 5) is 0. The standard InChI is InChI=1S/C19H25N2/c1-18(2,3)20-13-21(19(4,5)6)17-12-15-10-8-7-9-14(15)11-16(17)20/h7-13H,1-6H3/q+1. The van der Waals surface area contributed by atoms with Gasteiger partial charge in [-0.15, -0.1) is 0 Å². The van der Waals surface area contributed by atoms with E-state index in [1.807, 2.05) is 0 Å². The zero-order valence-corrected chi connectivity index (χ0v) is 13.9. The molecule has 110 valence electrons. The fraction of sp³-hybridized carbons (Fsp3) is 0.421. The number of fused-ring (bicyclic) bond motifs is 2. The highest BCUT2D eigenvalue weighted by Gasteiger charge is 2.30. The van der Waals surface area contributed by atoms with Gasteiger partial charge in [0.1, 0.15) is 11.1 Å². The maximum Gasteiger partial charge on any atom is 0.245 e. The van der Waals surface area contributed by atoms with E-state index in [4.69, 9.17) is 0 Å². The summed E-state index contributed by atoms with van der Waals surface area (Å²) in [5, 5.41) is 2.60. The molecule has 0 amide bonds. The number of nitrogens with zero attached hydrogens (tertiary/aromatic N) is 2. The molecular weight excluding hydrogens is 256 g/mol. The minimum absolute atomic E-state index is 0.0667. The summed E-state index contributed by atoms with van der Waals surface area (Å²) in [5.74, 6) is 0. The van der Waals surface area contributed by atoms with Crippen molar-refractivity contribution in [3.63, 3.8) is 0 Å². The predicted octanol–water partition coefficient (Wildman–Crippen LogP) is 4.59. The van der Waals surface area contributed by atoms with Crippen molar-refractivity contribution in [2.24, 2.45) is 0 Å². The summed E-state index contributed by atoms with van der Waals surface area (Å²) in [7, 11) is 0. The first-order chi connectivity index (χ1) is 9.68. The van der Waals surface area contributed by atoms with Gasteiger partial charge in [-0.3, -0.25) is 0 Å². The molecule has 0 radical (unpaired) electrons. The van der Waals surface area contributed by atoms with Crippen LogP contribution in [-0.2, 0) is 11.1 Å². The van der Waals surface area contributed by atoms with Crippen molar-refractivity contribution in [3.8, 4) is 0 Å². The highest BCUT2D eigenvalue weighted by Crippen LogP contribution is 2.27. The molecular formula is C19H25N2+. The van der Waals surface area contributed by atoms with Gasteiger partial charge in [0.05, 0.1) is 0 Å². The second kappa shape index (κ2) is 4.33. The Labute approximate surface area is 127 Å². The first-order valence-electron chi connectivity index (χ1n) is 7.64. The third-order valence-corrected chi connectivity index (χ3v) is 4.04. The van der Waals surface area contributed by atoms with Crippen LogP contribution in [0.15, 0.2) is 42.7 Å². The van der Waals surface area contributed by atoms with Crippen molar-refractivity contribution in [2.75, 3.05) is 0 Å². The number of hydrogen-bond acceptors (Lipinski definition) is 0. The molecule has 3 aromatic rings. The Morgan fingerprint density at radius 3 is 1.95 bits per heavy atom. The summed E-state index contributed by atoms with van der Waals surface area (Å²) in [6, 6.07) is 13.2.